The number of para-hydroxylation sites is 1. The Morgan fingerprint density at radius 3 is 2.52 bits per heavy atom. The molecule has 0 radical (unpaired) electrons. The number of aromatic nitrogens is 2. The third-order valence-electron chi connectivity index (χ3n) is 5.47. The molecule has 1 aliphatic rings. The minimum absolute atomic E-state index is 0.0118. The Balaban J connectivity index is 1.54. The maximum Gasteiger partial charge on any atom is 0.151 e. The lowest BCUT2D eigenvalue weighted by molar-refractivity contribution is 0.227. The number of benzene rings is 2. The van der Waals surface area contributed by atoms with Crippen molar-refractivity contribution in [1.82, 2.24) is 14.7 Å². The number of hydrogen-bond acceptors (Lipinski definition) is 5. The minimum atomic E-state index is -2.95. The highest BCUT2D eigenvalue weighted by molar-refractivity contribution is 7.91. The summed E-state index contributed by atoms with van der Waals surface area (Å²) in [4.78, 5) is 2.19. The van der Waals surface area contributed by atoms with Crippen LogP contribution in [0.1, 0.15) is 12.0 Å². The van der Waals surface area contributed by atoms with Gasteiger partial charge in [0.2, 0.25) is 0 Å². The van der Waals surface area contributed by atoms with Crippen LogP contribution in [0.25, 0.3) is 11.3 Å². The molecule has 0 amide bonds. The molecule has 31 heavy (non-hydrogen) atoms. The second-order valence-corrected chi connectivity index (χ2v) is 10.1. The number of aryl methyl sites for hydroxylation is 1. The highest BCUT2D eigenvalue weighted by atomic mass is 32.2. The minimum Gasteiger partial charge on any atom is -0.457 e. The molecule has 7 heteroatoms. The molecule has 1 unspecified atom stereocenters. The summed E-state index contributed by atoms with van der Waals surface area (Å²) in [5.41, 5.74) is 2.95. The Morgan fingerprint density at radius 1 is 1.16 bits per heavy atom. The van der Waals surface area contributed by atoms with Crippen molar-refractivity contribution in [2.75, 3.05) is 18.1 Å². The lowest BCUT2D eigenvalue weighted by atomic mass is 10.1. The number of sulfone groups is 1. The Hall–Kier alpha value is -2.90. The van der Waals surface area contributed by atoms with Crippen LogP contribution in [-0.4, -0.2) is 47.2 Å². The fourth-order valence-corrected chi connectivity index (χ4v) is 5.75. The summed E-state index contributed by atoms with van der Waals surface area (Å²) in [6.07, 6.45) is 4.50. The van der Waals surface area contributed by atoms with Gasteiger partial charge in [-0.1, -0.05) is 24.3 Å². The van der Waals surface area contributed by atoms with E-state index in [2.05, 4.69) is 16.6 Å². The SMILES string of the molecule is C=CCN(Cc1cn(C)nc1-c1ccc(Oc2ccccc2)cc1)C1CCS(=O)(=O)C1. The van der Waals surface area contributed by atoms with Crippen molar-refractivity contribution in [2.45, 2.75) is 19.0 Å². The molecule has 1 fully saturated rings. The molecule has 2 aromatic carbocycles. The monoisotopic (exact) mass is 437 g/mol. The van der Waals surface area contributed by atoms with Gasteiger partial charge in [-0.2, -0.15) is 5.10 Å². The molecule has 0 aliphatic carbocycles. The zero-order valence-electron chi connectivity index (χ0n) is 17.6. The zero-order valence-corrected chi connectivity index (χ0v) is 18.5. The molecule has 1 atom stereocenters. The van der Waals surface area contributed by atoms with E-state index in [0.29, 0.717) is 19.5 Å². The van der Waals surface area contributed by atoms with E-state index in [-0.39, 0.29) is 17.5 Å². The molecule has 2 heterocycles. The molecular formula is C24H27N3O3S. The topological polar surface area (TPSA) is 64.4 Å². The van der Waals surface area contributed by atoms with E-state index in [1.807, 2.05) is 73.9 Å². The van der Waals surface area contributed by atoms with E-state index >= 15 is 0 Å². The second kappa shape index (κ2) is 9.08. The van der Waals surface area contributed by atoms with E-state index < -0.39 is 9.84 Å². The number of rotatable bonds is 8. The van der Waals surface area contributed by atoms with Crippen LogP contribution < -0.4 is 4.74 Å². The average Bonchev–Trinajstić information content (AvgIpc) is 3.30. The summed E-state index contributed by atoms with van der Waals surface area (Å²) in [6, 6.07) is 17.6. The smallest absolute Gasteiger partial charge is 0.151 e. The van der Waals surface area contributed by atoms with Crippen molar-refractivity contribution in [1.29, 1.82) is 0 Å². The van der Waals surface area contributed by atoms with E-state index in [9.17, 15) is 8.42 Å². The number of hydrogen-bond donors (Lipinski definition) is 0. The third-order valence-corrected chi connectivity index (χ3v) is 7.22. The van der Waals surface area contributed by atoms with Gasteiger partial charge >= 0.3 is 0 Å². The van der Waals surface area contributed by atoms with E-state index in [1.165, 1.54) is 0 Å². The lowest BCUT2D eigenvalue weighted by Gasteiger charge is -2.26. The maximum absolute atomic E-state index is 12.0. The molecule has 6 nitrogen and oxygen atoms in total. The molecule has 0 spiro atoms. The first-order valence-corrected chi connectivity index (χ1v) is 12.2. The van der Waals surface area contributed by atoms with Crippen molar-refractivity contribution >= 4 is 9.84 Å². The summed E-state index contributed by atoms with van der Waals surface area (Å²) < 4.78 is 31.6. The normalized spacial score (nSPS) is 17.7. The first kappa shape index (κ1) is 21.3. The van der Waals surface area contributed by atoms with Gasteiger partial charge in [0.15, 0.2) is 9.84 Å². The van der Waals surface area contributed by atoms with Crippen LogP contribution in [-0.2, 0) is 23.4 Å². The zero-order chi connectivity index (χ0) is 21.8. The van der Waals surface area contributed by atoms with Crippen molar-refractivity contribution in [3.05, 3.63) is 79.0 Å². The number of ether oxygens (including phenoxy) is 1. The summed E-state index contributed by atoms with van der Waals surface area (Å²) in [6.45, 7) is 5.11. The fraction of sp³-hybridized carbons (Fsp3) is 0.292. The fourth-order valence-electron chi connectivity index (χ4n) is 3.99. The van der Waals surface area contributed by atoms with Crippen molar-refractivity contribution in [3.8, 4) is 22.8 Å². The lowest BCUT2D eigenvalue weighted by Crippen LogP contribution is -2.35. The Morgan fingerprint density at radius 2 is 1.87 bits per heavy atom. The predicted octanol–water partition coefficient (Wildman–Crippen LogP) is 4.05. The predicted molar refractivity (Wildman–Crippen MR) is 123 cm³/mol. The summed E-state index contributed by atoms with van der Waals surface area (Å²) in [5.74, 6) is 2.02. The van der Waals surface area contributed by atoms with Crippen molar-refractivity contribution in [3.63, 3.8) is 0 Å². The largest absolute Gasteiger partial charge is 0.457 e. The van der Waals surface area contributed by atoms with Gasteiger partial charge in [-0.3, -0.25) is 9.58 Å². The van der Waals surface area contributed by atoms with Gasteiger partial charge in [0.1, 0.15) is 11.5 Å². The first-order chi connectivity index (χ1) is 14.9. The van der Waals surface area contributed by atoms with E-state index in [1.54, 1.807) is 4.68 Å². The van der Waals surface area contributed by atoms with Crippen LogP contribution >= 0.6 is 0 Å². The summed E-state index contributed by atoms with van der Waals surface area (Å²) >= 11 is 0. The maximum atomic E-state index is 12.0. The molecule has 1 saturated heterocycles. The van der Waals surface area contributed by atoms with Gasteiger partial charge in [-0.05, 0) is 42.8 Å². The molecule has 1 aliphatic heterocycles. The highest BCUT2D eigenvalue weighted by Gasteiger charge is 2.32. The van der Waals surface area contributed by atoms with Crippen LogP contribution in [0.2, 0.25) is 0 Å². The highest BCUT2D eigenvalue weighted by Crippen LogP contribution is 2.29. The molecule has 162 valence electrons. The quantitative estimate of drug-likeness (QED) is 0.498. The molecule has 1 aromatic heterocycles. The van der Waals surface area contributed by atoms with E-state index in [0.717, 1.165) is 28.3 Å². The van der Waals surface area contributed by atoms with E-state index in [4.69, 9.17) is 4.74 Å². The van der Waals surface area contributed by atoms with Gasteiger partial charge < -0.3 is 4.74 Å². The Kier molecular flexibility index (Phi) is 6.25. The third kappa shape index (κ3) is 5.24. The van der Waals surface area contributed by atoms with Crippen molar-refractivity contribution < 1.29 is 13.2 Å². The summed E-state index contributed by atoms with van der Waals surface area (Å²) in [5, 5.41) is 4.67. The molecule has 4 rings (SSSR count). The van der Waals surface area contributed by atoms with Crippen LogP contribution in [0.3, 0.4) is 0 Å². The van der Waals surface area contributed by atoms with Crippen molar-refractivity contribution in [2.24, 2.45) is 7.05 Å². The van der Waals surface area contributed by atoms with Crippen LogP contribution in [0.5, 0.6) is 11.5 Å². The molecule has 0 bridgehead atoms. The average molecular weight is 438 g/mol. The standard InChI is InChI=1S/C24H27N3O3S/c1-3-14-27(21-13-15-31(28,29)18-21)17-20-16-26(2)25-24(20)19-9-11-23(12-10-19)30-22-7-5-4-6-8-22/h3-12,16,21H,1,13-15,17-18H2,2H3. The second-order valence-electron chi connectivity index (χ2n) is 7.89. The van der Waals surface area contributed by atoms with Gasteiger partial charge in [0, 0.05) is 43.5 Å². The molecule has 3 aromatic rings. The van der Waals surface area contributed by atoms with Gasteiger partial charge in [0.25, 0.3) is 0 Å². The van der Waals surface area contributed by atoms with Crippen LogP contribution in [0.15, 0.2) is 73.4 Å². The van der Waals surface area contributed by atoms with Gasteiger partial charge in [0.05, 0.1) is 17.2 Å². The Bertz CT molecular complexity index is 1140. The number of nitrogens with zero attached hydrogens (tertiary/aromatic N) is 3. The van der Waals surface area contributed by atoms with Gasteiger partial charge in [-0.25, -0.2) is 8.42 Å². The molecule has 0 N–H and O–H groups in total. The first-order valence-electron chi connectivity index (χ1n) is 10.3. The van der Waals surface area contributed by atoms with Crippen LogP contribution in [0.4, 0.5) is 0 Å². The van der Waals surface area contributed by atoms with Gasteiger partial charge in [-0.15, -0.1) is 6.58 Å². The Labute approximate surface area is 183 Å². The molecular weight excluding hydrogens is 410 g/mol. The summed E-state index contributed by atoms with van der Waals surface area (Å²) in [7, 11) is -1.05. The van der Waals surface area contributed by atoms with Crippen LogP contribution in [0, 0.1) is 0 Å². The molecule has 0 saturated carbocycles.